The highest BCUT2D eigenvalue weighted by atomic mass is 16.5. The van der Waals surface area contributed by atoms with Gasteiger partial charge in [-0.1, -0.05) is 26.2 Å². The monoisotopic (exact) mass is 475 g/mol. The van der Waals surface area contributed by atoms with Gasteiger partial charge in [-0.3, -0.25) is 19.6 Å². The van der Waals surface area contributed by atoms with E-state index in [9.17, 15) is 29.5 Å². The van der Waals surface area contributed by atoms with Gasteiger partial charge in [0.1, 0.15) is 17.1 Å². The van der Waals surface area contributed by atoms with E-state index >= 15 is 0 Å². The minimum absolute atomic E-state index is 0.0288. The van der Waals surface area contributed by atoms with Gasteiger partial charge in [0.25, 0.3) is 5.91 Å². The number of aromatic carboxylic acids is 1. The minimum atomic E-state index is -1.16. The SMILES string of the molecule is CCCCCC(CN(O)C=O)C(=O)NCNC(=O)c1ccc(-c2ccc(OC)c(C(=O)O)c2)o1. The Labute approximate surface area is 196 Å². The molecule has 2 aromatic rings. The summed E-state index contributed by atoms with van der Waals surface area (Å²) >= 11 is 0. The molecule has 3 amide bonds. The van der Waals surface area contributed by atoms with Crippen LogP contribution in [0.3, 0.4) is 0 Å². The molecule has 0 aliphatic heterocycles. The van der Waals surface area contributed by atoms with E-state index in [1.54, 1.807) is 6.07 Å². The van der Waals surface area contributed by atoms with Crippen LogP contribution in [0.1, 0.15) is 53.5 Å². The summed E-state index contributed by atoms with van der Waals surface area (Å²) in [4.78, 5) is 46.9. The average Bonchev–Trinajstić information content (AvgIpc) is 3.33. The third-order valence-corrected chi connectivity index (χ3v) is 5.11. The molecule has 34 heavy (non-hydrogen) atoms. The number of nitrogens with one attached hydrogen (secondary N) is 2. The van der Waals surface area contributed by atoms with Crippen LogP contribution in [0.15, 0.2) is 34.7 Å². The molecule has 2 rings (SSSR count). The molecular formula is C23H29N3O8. The molecule has 4 N–H and O–H groups in total. The number of furan rings is 1. The first-order chi connectivity index (χ1) is 16.3. The number of carbonyl (C=O) groups is 4. The number of hydroxylamine groups is 2. The summed E-state index contributed by atoms with van der Waals surface area (Å²) in [5.74, 6) is -2.32. The molecule has 0 saturated carbocycles. The first-order valence-corrected chi connectivity index (χ1v) is 10.8. The van der Waals surface area contributed by atoms with E-state index in [-0.39, 0.29) is 42.5 Å². The lowest BCUT2D eigenvalue weighted by Gasteiger charge is -2.19. The molecular weight excluding hydrogens is 446 g/mol. The lowest BCUT2D eigenvalue weighted by molar-refractivity contribution is -0.154. The van der Waals surface area contributed by atoms with Crippen LogP contribution in [0.2, 0.25) is 0 Å². The van der Waals surface area contributed by atoms with E-state index in [1.165, 1.54) is 31.4 Å². The van der Waals surface area contributed by atoms with Crippen LogP contribution in [0.4, 0.5) is 0 Å². The Morgan fingerprint density at radius 1 is 1.18 bits per heavy atom. The number of carboxylic acids is 1. The number of rotatable bonds is 14. The number of methoxy groups -OCH3 is 1. The number of nitrogens with zero attached hydrogens (tertiary/aromatic N) is 1. The Hall–Kier alpha value is -3.86. The molecule has 11 nitrogen and oxygen atoms in total. The summed E-state index contributed by atoms with van der Waals surface area (Å²) in [5.41, 5.74) is 0.402. The lowest BCUT2D eigenvalue weighted by atomic mass is 10.0. The van der Waals surface area contributed by atoms with Gasteiger partial charge in [-0.05, 0) is 36.8 Å². The van der Waals surface area contributed by atoms with Gasteiger partial charge in [0.2, 0.25) is 12.3 Å². The highest BCUT2D eigenvalue weighted by molar-refractivity contribution is 5.94. The maximum Gasteiger partial charge on any atom is 0.339 e. The highest BCUT2D eigenvalue weighted by Crippen LogP contribution is 2.28. The zero-order valence-corrected chi connectivity index (χ0v) is 19.1. The number of amides is 3. The van der Waals surface area contributed by atoms with Crippen LogP contribution in [-0.2, 0) is 9.59 Å². The van der Waals surface area contributed by atoms with Gasteiger partial charge in [0.05, 0.1) is 26.2 Å². The maximum absolute atomic E-state index is 12.4. The Kier molecular flexibility index (Phi) is 10.1. The number of carboxylic acid groups (broad SMARTS) is 1. The van der Waals surface area contributed by atoms with E-state index in [2.05, 4.69) is 10.6 Å². The van der Waals surface area contributed by atoms with Crippen molar-refractivity contribution in [3.8, 4) is 17.1 Å². The van der Waals surface area contributed by atoms with E-state index in [1.807, 2.05) is 6.92 Å². The number of unbranched alkanes of at least 4 members (excludes halogenated alkanes) is 2. The van der Waals surface area contributed by atoms with Crippen molar-refractivity contribution in [1.82, 2.24) is 15.7 Å². The third-order valence-electron chi connectivity index (χ3n) is 5.11. The fraction of sp³-hybridized carbons (Fsp3) is 0.391. The molecule has 0 aliphatic carbocycles. The molecule has 0 spiro atoms. The van der Waals surface area contributed by atoms with E-state index < -0.39 is 23.7 Å². The number of benzene rings is 1. The van der Waals surface area contributed by atoms with Crippen molar-refractivity contribution in [2.45, 2.75) is 32.6 Å². The van der Waals surface area contributed by atoms with Crippen molar-refractivity contribution in [2.75, 3.05) is 20.3 Å². The molecule has 1 aromatic carbocycles. The Balaban J connectivity index is 1.97. The Morgan fingerprint density at radius 2 is 1.94 bits per heavy atom. The fourth-order valence-electron chi connectivity index (χ4n) is 3.30. The zero-order valence-electron chi connectivity index (χ0n) is 19.1. The number of ether oxygens (including phenoxy) is 1. The van der Waals surface area contributed by atoms with Gasteiger partial charge in [0, 0.05) is 5.56 Å². The van der Waals surface area contributed by atoms with Crippen LogP contribution in [0.5, 0.6) is 5.75 Å². The molecule has 1 aromatic heterocycles. The van der Waals surface area contributed by atoms with Crippen LogP contribution in [-0.4, -0.2) is 59.9 Å². The second-order valence-corrected chi connectivity index (χ2v) is 7.53. The van der Waals surface area contributed by atoms with Crippen molar-refractivity contribution in [3.05, 3.63) is 41.7 Å². The maximum atomic E-state index is 12.4. The second-order valence-electron chi connectivity index (χ2n) is 7.53. The van der Waals surface area contributed by atoms with Gasteiger partial charge in [-0.15, -0.1) is 0 Å². The van der Waals surface area contributed by atoms with Crippen molar-refractivity contribution < 1.29 is 38.6 Å². The molecule has 0 bridgehead atoms. The topological polar surface area (TPSA) is 158 Å². The Bertz CT molecular complexity index is 1000. The molecule has 1 atom stereocenters. The third kappa shape index (κ3) is 7.34. The first kappa shape index (κ1) is 26.4. The Morgan fingerprint density at radius 3 is 2.59 bits per heavy atom. The van der Waals surface area contributed by atoms with Gasteiger partial charge >= 0.3 is 5.97 Å². The van der Waals surface area contributed by atoms with Crippen LogP contribution < -0.4 is 15.4 Å². The number of carbonyl (C=O) groups excluding carboxylic acids is 3. The number of hydrogen-bond acceptors (Lipinski definition) is 7. The van der Waals surface area contributed by atoms with Gasteiger partial charge in [-0.2, -0.15) is 0 Å². The van der Waals surface area contributed by atoms with Gasteiger partial charge < -0.3 is 24.9 Å². The first-order valence-electron chi connectivity index (χ1n) is 10.8. The van der Waals surface area contributed by atoms with Crippen molar-refractivity contribution in [3.63, 3.8) is 0 Å². The highest BCUT2D eigenvalue weighted by Gasteiger charge is 2.21. The summed E-state index contributed by atoms with van der Waals surface area (Å²) < 4.78 is 10.6. The summed E-state index contributed by atoms with van der Waals surface area (Å²) in [5, 5.41) is 24.3. The lowest BCUT2D eigenvalue weighted by Crippen LogP contribution is -2.42. The molecule has 184 valence electrons. The van der Waals surface area contributed by atoms with Crippen molar-refractivity contribution in [1.29, 1.82) is 0 Å². The molecule has 1 unspecified atom stereocenters. The minimum Gasteiger partial charge on any atom is -0.496 e. The molecule has 11 heteroatoms. The summed E-state index contributed by atoms with van der Waals surface area (Å²) in [7, 11) is 1.37. The summed E-state index contributed by atoms with van der Waals surface area (Å²) in [6, 6.07) is 7.43. The predicted octanol–water partition coefficient (Wildman–Crippen LogP) is 2.50. The zero-order chi connectivity index (χ0) is 25.1. The van der Waals surface area contributed by atoms with E-state index in [4.69, 9.17) is 9.15 Å². The fourth-order valence-corrected chi connectivity index (χ4v) is 3.30. The van der Waals surface area contributed by atoms with E-state index in [0.29, 0.717) is 17.0 Å². The molecule has 0 radical (unpaired) electrons. The summed E-state index contributed by atoms with van der Waals surface area (Å²) in [6.45, 7) is 1.69. The second kappa shape index (κ2) is 13.0. The number of hydrogen-bond donors (Lipinski definition) is 4. The molecule has 0 aliphatic rings. The normalized spacial score (nSPS) is 11.4. The van der Waals surface area contributed by atoms with Crippen molar-refractivity contribution in [2.24, 2.45) is 5.92 Å². The van der Waals surface area contributed by atoms with Crippen LogP contribution in [0.25, 0.3) is 11.3 Å². The van der Waals surface area contributed by atoms with Crippen LogP contribution >= 0.6 is 0 Å². The predicted molar refractivity (Wildman–Crippen MR) is 120 cm³/mol. The molecule has 1 heterocycles. The molecule has 0 saturated heterocycles. The van der Waals surface area contributed by atoms with Gasteiger partial charge in [-0.25, -0.2) is 9.86 Å². The smallest absolute Gasteiger partial charge is 0.339 e. The largest absolute Gasteiger partial charge is 0.496 e. The quantitative estimate of drug-likeness (QED) is 0.107. The summed E-state index contributed by atoms with van der Waals surface area (Å²) in [6.07, 6.45) is 3.35. The van der Waals surface area contributed by atoms with E-state index in [0.717, 1.165) is 19.3 Å². The van der Waals surface area contributed by atoms with Crippen LogP contribution in [0, 0.1) is 5.92 Å². The standard InChI is InChI=1S/C23H29N3O8/c1-3-4-5-6-16(12-26(32)14-27)21(28)24-13-25-22(29)20-10-9-18(34-20)15-7-8-19(33-2)17(11-15)23(30)31/h7-11,14,16,32H,3-6,12-13H2,1-2H3,(H,24,28)(H,25,29)(H,30,31). The molecule has 0 fully saturated rings. The van der Waals surface area contributed by atoms with Gasteiger partial charge in [0.15, 0.2) is 5.76 Å². The average molecular weight is 475 g/mol. The van der Waals surface area contributed by atoms with Crippen molar-refractivity contribution >= 4 is 24.2 Å².